The summed E-state index contributed by atoms with van der Waals surface area (Å²) in [6, 6.07) is 3.56. The molecule has 0 rings (SSSR count). The van der Waals surface area contributed by atoms with Gasteiger partial charge >= 0.3 is 0 Å². The number of rotatable bonds is 8. The zero-order valence-corrected chi connectivity index (χ0v) is 15.2. The predicted octanol–water partition coefficient (Wildman–Crippen LogP) is 4.84. The van der Waals surface area contributed by atoms with Gasteiger partial charge in [-0.05, 0) is 30.5 Å². The van der Waals surface area contributed by atoms with E-state index in [0.717, 1.165) is 12.1 Å². The first kappa shape index (κ1) is 18.6. The molecule has 0 saturated heterocycles. The second-order valence-electron chi connectivity index (χ2n) is 6.43. The van der Waals surface area contributed by atoms with E-state index in [0.29, 0.717) is 0 Å². The van der Waals surface area contributed by atoms with Gasteiger partial charge in [0.1, 0.15) is 7.11 Å². The molecule has 0 bridgehead atoms. The van der Waals surface area contributed by atoms with Crippen molar-refractivity contribution in [3.63, 3.8) is 0 Å². The van der Waals surface area contributed by atoms with Gasteiger partial charge in [0.05, 0.1) is 11.8 Å². The first-order chi connectivity index (χ1) is 8.74. The van der Waals surface area contributed by atoms with E-state index in [4.69, 9.17) is 9.26 Å². The van der Waals surface area contributed by atoms with Gasteiger partial charge < -0.3 is 9.26 Å². The Kier molecular flexibility index (Phi) is 7.90. The average molecular weight is 288 g/mol. The van der Waals surface area contributed by atoms with Crippen LogP contribution in [0.2, 0.25) is 18.1 Å². The van der Waals surface area contributed by atoms with E-state index in [1.807, 2.05) is 6.92 Å². The summed E-state index contributed by atoms with van der Waals surface area (Å²) < 4.78 is 6.67. The summed E-state index contributed by atoms with van der Waals surface area (Å²) in [7, 11) is 0.0210. The summed E-state index contributed by atoms with van der Waals surface area (Å²) in [4.78, 5) is 4.87. The lowest BCUT2D eigenvalue weighted by Gasteiger charge is -2.39. The van der Waals surface area contributed by atoms with Crippen molar-refractivity contribution in [3.8, 4) is 0 Å². The minimum Gasteiger partial charge on any atom is -0.413 e. The monoisotopic (exact) mass is 287 g/mol. The zero-order valence-electron chi connectivity index (χ0n) is 14.2. The lowest BCUT2D eigenvalue weighted by Crippen LogP contribution is -2.45. The van der Waals surface area contributed by atoms with Gasteiger partial charge in [-0.25, -0.2) is 0 Å². The molecule has 0 amide bonds. The molecule has 114 valence electrons. The van der Waals surface area contributed by atoms with Crippen molar-refractivity contribution in [2.75, 3.05) is 7.11 Å². The molecule has 0 heterocycles. The van der Waals surface area contributed by atoms with Crippen molar-refractivity contribution in [1.29, 1.82) is 0 Å². The summed E-state index contributed by atoms with van der Waals surface area (Å²) >= 11 is 0. The maximum absolute atomic E-state index is 6.67. The Hall–Kier alpha value is -0.353. The fourth-order valence-electron chi connectivity index (χ4n) is 2.29. The van der Waals surface area contributed by atoms with Crippen molar-refractivity contribution < 1.29 is 9.26 Å². The maximum atomic E-state index is 6.67. The van der Waals surface area contributed by atoms with Gasteiger partial charge in [-0.15, -0.1) is 0 Å². The Balaban J connectivity index is 5.02. The molecule has 1 atom stereocenters. The molecule has 0 fully saturated rings. The van der Waals surface area contributed by atoms with Crippen LogP contribution in [0.3, 0.4) is 0 Å². The summed E-state index contributed by atoms with van der Waals surface area (Å²) in [5.41, 5.74) is 1.14. The number of oxime groups is 1. The number of hydrogen-bond acceptors (Lipinski definition) is 3. The smallest absolute Gasteiger partial charge is 0.192 e. The normalized spacial score (nSPS) is 15.5. The molecule has 0 N–H and O–H groups in total. The van der Waals surface area contributed by atoms with E-state index < -0.39 is 8.32 Å². The molecule has 0 aliphatic carbocycles. The SMILES string of the molecule is CC[Si](CC)(CC)O[C@@H](C/C(C)=N/OC)C(C)(C)C. The van der Waals surface area contributed by atoms with Crippen LogP contribution in [0.5, 0.6) is 0 Å². The fraction of sp³-hybridized carbons (Fsp3) is 0.933. The van der Waals surface area contributed by atoms with E-state index in [-0.39, 0.29) is 11.5 Å². The van der Waals surface area contributed by atoms with Crippen LogP contribution in [0, 0.1) is 5.41 Å². The van der Waals surface area contributed by atoms with E-state index in [1.54, 1.807) is 7.11 Å². The van der Waals surface area contributed by atoms with E-state index in [9.17, 15) is 0 Å². The molecule has 0 aliphatic rings. The van der Waals surface area contributed by atoms with Crippen LogP contribution in [0.4, 0.5) is 0 Å². The quantitative estimate of drug-likeness (QED) is 0.363. The van der Waals surface area contributed by atoms with Crippen LogP contribution < -0.4 is 0 Å². The first-order valence-electron chi connectivity index (χ1n) is 7.49. The van der Waals surface area contributed by atoms with Gasteiger partial charge in [-0.2, -0.15) is 0 Å². The highest BCUT2D eigenvalue weighted by Gasteiger charge is 2.36. The van der Waals surface area contributed by atoms with Gasteiger partial charge in [0.2, 0.25) is 0 Å². The van der Waals surface area contributed by atoms with E-state index in [2.05, 4.69) is 46.7 Å². The molecule has 3 nitrogen and oxygen atoms in total. The van der Waals surface area contributed by atoms with Crippen molar-refractivity contribution in [1.82, 2.24) is 0 Å². The third-order valence-corrected chi connectivity index (χ3v) is 8.67. The fourth-order valence-corrected chi connectivity index (χ4v) is 5.33. The highest BCUT2D eigenvalue weighted by Crippen LogP contribution is 2.32. The Morgan fingerprint density at radius 3 is 1.89 bits per heavy atom. The van der Waals surface area contributed by atoms with Crippen molar-refractivity contribution in [2.45, 2.75) is 79.1 Å². The largest absolute Gasteiger partial charge is 0.413 e. The second-order valence-corrected chi connectivity index (χ2v) is 11.2. The average Bonchev–Trinajstić information content (AvgIpc) is 2.34. The van der Waals surface area contributed by atoms with Crippen LogP contribution in [0.25, 0.3) is 0 Å². The molecule has 0 aromatic rings. The standard InChI is InChI=1S/C15H33NO2Si/c1-9-19(10-2,11-3)18-14(15(5,6)7)12-13(4)16-17-8/h14H,9-12H2,1-8H3/b16-13+/t14-/m0/s1. The highest BCUT2D eigenvalue weighted by atomic mass is 28.4. The Morgan fingerprint density at radius 2 is 1.58 bits per heavy atom. The van der Waals surface area contributed by atoms with Crippen molar-refractivity contribution in [2.24, 2.45) is 10.6 Å². The Labute approximate surface area is 120 Å². The molecule has 19 heavy (non-hydrogen) atoms. The van der Waals surface area contributed by atoms with Gasteiger partial charge in [0.15, 0.2) is 8.32 Å². The van der Waals surface area contributed by atoms with Gasteiger partial charge in [0.25, 0.3) is 0 Å². The molecule has 0 aromatic heterocycles. The van der Waals surface area contributed by atoms with Gasteiger partial charge in [-0.3, -0.25) is 0 Å². The summed E-state index contributed by atoms with van der Waals surface area (Å²) in [5.74, 6) is 0. The van der Waals surface area contributed by atoms with Crippen molar-refractivity contribution >= 4 is 14.0 Å². The van der Waals surface area contributed by atoms with Crippen LogP contribution in [-0.4, -0.2) is 27.2 Å². The molecular formula is C15H33NO2Si. The molecule has 0 unspecified atom stereocenters. The lowest BCUT2D eigenvalue weighted by atomic mass is 9.86. The predicted molar refractivity (Wildman–Crippen MR) is 86.3 cm³/mol. The van der Waals surface area contributed by atoms with E-state index in [1.165, 1.54) is 18.1 Å². The van der Waals surface area contributed by atoms with Gasteiger partial charge in [0, 0.05) is 6.42 Å². The van der Waals surface area contributed by atoms with Crippen molar-refractivity contribution in [3.05, 3.63) is 0 Å². The van der Waals surface area contributed by atoms with Crippen LogP contribution in [0.15, 0.2) is 5.16 Å². The van der Waals surface area contributed by atoms with E-state index >= 15 is 0 Å². The molecular weight excluding hydrogens is 254 g/mol. The summed E-state index contributed by atoms with van der Waals surface area (Å²) in [6.45, 7) is 15.6. The Morgan fingerprint density at radius 1 is 1.11 bits per heavy atom. The van der Waals surface area contributed by atoms with Crippen LogP contribution >= 0.6 is 0 Å². The number of nitrogens with zero attached hydrogens (tertiary/aromatic N) is 1. The minimum atomic E-state index is -1.58. The van der Waals surface area contributed by atoms with Crippen LogP contribution in [-0.2, 0) is 9.26 Å². The first-order valence-corrected chi connectivity index (χ1v) is 10.0. The molecule has 0 radical (unpaired) electrons. The topological polar surface area (TPSA) is 30.8 Å². The van der Waals surface area contributed by atoms with Gasteiger partial charge in [-0.1, -0.05) is 46.7 Å². The molecule has 0 aromatic carbocycles. The zero-order chi connectivity index (χ0) is 15.1. The highest BCUT2D eigenvalue weighted by molar-refractivity contribution is 6.73. The lowest BCUT2D eigenvalue weighted by molar-refractivity contribution is 0.0806. The molecule has 0 aliphatic heterocycles. The summed E-state index contributed by atoms with van der Waals surface area (Å²) in [5, 5.41) is 4.04. The number of hydrogen-bond donors (Lipinski definition) is 0. The molecule has 0 spiro atoms. The molecule has 4 heteroatoms. The third-order valence-electron chi connectivity index (χ3n) is 4.02. The third kappa shape index (κ3) is 6.08. The Bertz CT molecular complexity index is 272. The summed E-state index contributed by atoms with van der Waals surface area (Å²) in [6.07, 6.45) is 1.07. The molecule has 0 saturated carbocycles. The minimum absolute atomic E-state index is 0.127. The second kappa shape index (κ2) is 8.05. The van der Waals surface area contributed by atoms with Crippen LogP contribution in [0.1, 0.15) is 54.9 Å². The maximum Gasteiger partial charge on any atom is 0.192 e.